The van der Waals surface area contributed by atoms with E-state index in [9.17, 15) is 13.2 Å². The highest BCUT2D eigenvalue weighted by atomic mass is 79.9. The van der Waals surface area contributed by atoms with Crippen molar-refractivity contribution in [2.75, 3.05) is 0 Å². The fourth-order valence-corrected chi connectivity index (χ4v) is 4.09. The van der Waals surface area contributed by atoms with Gasteiger partial charge in [0.1, 0.15) is 16.4 Å². The van der Waals surface area contributed by atoms with E-state index in [1.165, 1.54) is 30.3 Å². The fourth-order valence-electron chi connectivity index (χ4n) is 2.91. The van der Waals surface area contributed by atoms with Crippen LogP contribution in [0.5, 0.6) is 11.5 Å². The van der Waals surface area contributed by atoms with Gasteiger partial charge in [-0.2, -0.15) is 8.42 Å². The number of aryl methyl sites for hydroxylation is 1. The summed E-state index contributed by atoms with van der Waals surface area (Å²) in [5.74, 6) is 0.246. The number of hydrogen-bond donors (Lipinski definition) is 0. The summed E-state index contributed by atoms with van der Waals surface area (Å²) in [5, 5.41) is 0. The number of halogens is 1. The van der Waals surface area contributed by atoms with E-state index in [0.717, 1.165) is 15.6 Å². The molecule has 0 saturated heterocycles. The van der Waals surface area contributed by atoms with Crippen molar-refractivity contribution < 1.29 is 22.1 Å². The Morgan fingerprint density at radius 2 is 1.76 bits per heavy atom. The summed E-state index contributed by atoms with van der Waals surface area (Å²) < 4.78 is 36.5. The molecule has 29 heavy (non-hydrogen) atoms. The lowest BCUT2D eigenvalue weighted by Crippen LogP contribution is -2.09. The first-order valence-electron chi connectivity index (χ1n) is 8.67. The maximum Gasteiger partial charge on any atom is 0.339 e. The van der Waals surface area contributed by atoms with Gasteiger partial charge in [-0.3, -0.25) is 4.79 Å². The molecule has 3 aromatic rings. The highest BCUT2D eigenvalue weighted by Crippen LogP contribution is 2.35. The van der Waals surface area contributed by atoms with Crippen molar-refractivity contribution in [3.63, 3.8) is 0 Å². The SMILES string of the molecule is Cc1cccc(/C=C2\Oc3cc(OS(=O)(=O)c4ccc(Br)cc4)ccc3C2=O)c1. The van der Waals surface area contributed by atoms with Crippen LogP contribution in [0.15, 0.2) is 81.9 Å². The molecule has 0 atom stereocenters. The quantitative estimate of drug-likeness (QED) is 0.389. The first-order valence-corrected chi connectivity index (χ1v) is 10.9. The number of rotatable bonds is 4. The zero-order chi connectivity index (χ0) is 20.6. The molecule has 5 nitrogen and oxygen atoms in total. The third-order valence-electron chi connectivity index (χ3n) is 4.29. The number of ketones is 1. The maximum absolute atomic E-state index is 12.6. The molecule has 0 aliphatic carbocycles. The van der Waals surface area contributed by atoms with Crippen LogP contribution in [0.25, 0.3) is 6.08 Å². The van der Waals surface area contributed by atoms with Crippen molar-refractivity contribution in [1.82, 2.24) is 0 Å². The van der Waals surface area contributed by atoms with Crippen LogP contribution >= 0.6 is 15.9 Å². The lowest BCUT2D eigenvalue weighted by Gasteiger charge is -2.08. The zero-order valence-electron chi connectivity index (χ0n) is 15.3. The number of carbonyl (C=O) groups is 1. The molecule has 0 spiro atoms. The molecular formula is C22H15BrO5S. The molecule has 0 saturated carbocycles. The van der Waals surface area contributed by atoms with Crippen LogP contribution in [0.4, 0.5) is 0 Å². The predicted molar refractivity (Wildman–Crippen MR) is 113 cm³/mol. The molecule has 146 valence electrons. The average Bonchev–Trinajstić information content (AvgIpc) is 2.97. The van der Waals surface area contributed by atoms with Crippen molar-refractivity contribution in [1.29, 1.82) is 0 Å². The minimum absolute atomic E-state index is 0.0261. The predicted octanol–water partition coefficient (Wildman–Crippen LogP) is 5.14. The Bertz CT molecular complexity index is 1240. The normalized spacial score (nSPS) is 14.6. The van der Waals surface area contributed by atoms with E-state index in [2.05, 4.69) is 15.9 Å². The summed E-state index contributed by atoms with van der Waals surface area (Å²) in [6.45, 7) is 1.96. The van der Waals surface area contributed by atoms with Gasteiger partial charge in [-0.25, -0.2) is 0 Å². The Hall–Kier alpha value is -2.90. The molecule has 1 heterocycles. The molecule has 0 amide bonds. The van der Waals surface area contributed by atoms with Gasteiger partial charge in [-0.1, -0.05) is 45.8 Å². The second kappa shape index (κ2) is 7.50. The van der Waals surface area contributed by atoms with Crippen LogP contribution in [0.2, 0.25) is 0 Å². The number of allylic oxidation sites excluding steroid dienone is 1. The van der Waals surface area contributed by atoms with Crippen molar-refractivity contribution in [3.05, 3.63) is 93.7 Å². The Morgan fingerprint density at radius 3 is 2.48 bits per heavy atom. The van der Waals surface area contributed by atoms with Gasteiger partial charge >= 0.3 is 10.1 Å². The summed E-state index contributed by atoms with van der Waals surface area (Å²) in [7, 11) is -4.00. The number of carbonyl (C=O) groups excluding carboxylic acids is 1. The van der Waals surface area contributed by atoms with Gasteiger partial charge in [0.05, 0.1) is 5.56 Å². The van der Waals surface area contributed by atoms with Crippen LogP contribution in [0.1, 0.15) is 21.5 Å². The number of fused-ring (bicyclic) bond motifs is 1. The fraction of sp³-hybridized carbons (Fsp3) is 0.0455. The molecule has 0 aromatic heterocycles. The largest absolute Gasteiger partial charge is 0.452 e. The molecule has 7 heteroatoms. The zero-order valence-corrected chi connectivity index (χ0v) is 17.7. The van der Waals surface area contributed by atoms with E-state index in [0.29, 0.717) is 5.56 Å². The average molecular weight is 471 g/mol. The Labute approximate surface area is 176 Å². The Balaban J connectivity index is 1.60. The first-order chi connectivity index (χ1) is 13.8. The van der Waals surface area contributed by atoms with Gasteiger partial charge in [0.2, 0.25) is 5.78 Å². The highest BCUT2D eigenvalue weighted by molar-refractivity contribution is 9.10. The lowest BCUT2D eigenvalue weighted by molar-refractivity contribution is 0.101. The van der Waals surface area contributed by atoms with Crippen LogP contribution in [-0.2, 0) is 10.1 Å². The number of hydrogen-bond acceptors (Lipinski definition) is 5. The van der Waals surface area contributed by atoms with E-state index in [4.69, 9.17) is 8.92 Å². The van der Waals surface area contributed by atoms with Gasteiger partial charge < -0.3 is 8.92 Å². The summed E-state index contributed by atoms with van der Waals surface area (Å²) in [6.07, 6.45) is 1.66. The highest BCUT2D eigenvalue weighted by Gasteiger charge is 2.28. The Morgan fingerprint density at radius 1 is 1.00 bits per heavy atom. The molecule has 3 aromatic carbocycles. The summed E-state index contributed by atoms with van der Waals surface area (Å²) in [5.41, 5.74) is 2.27. The second-order valence-corrected chi connectivity index (χ2v) is 8.97. The third kappa shape index (κ3) is 4.11. The minimum Gasteiger partial charge on any atom is -0.452 e. The van der Waals surface area contributed by atoms with E-state index in [1.807, 2.05) is 31.2 Å². The van der Waals surface area contributed by atoms with E-state index >= 15 is 0 Å². The standard InChI is InChI=1S/C22H15BrO5S/c1-14-3-2-4-15(11-14)12-21-22(24)19-10-7-17(13-20(19)27-21)28-29(25,26)18-8-5-16(23)6-9-18/h2-13H,1H3/b21-12-. The van der Waals surface area contributed by atoms with Gasteiger partial charge in [0, 0.05) is 10.5 Å². The molecule has 1 aliphatic heterocycles. The molecular weight excluding hydrogens is 456 g/mol. The van der Waals surface area contributed by atoms with Crippen molar-refractivity contribution >= 4 is 37.9 Å². The number of Topliss-reactive ketones (excluding diaryl/α,β-unsaturated/α-hetero) is 1. The number of benzene rings is 3. The molecule has 1 aliphatic rings. The van der Waals surface area contributed by atoms with Gasteiger partial charge in [-0.05, 0) is 55.0 Å². The van der Waals surface area contributed by atoms with Gasteiger partial charge in [-0.15, -0.1) is 0 Å². The van der Waals surface area contributed by atoms with Crippen molar-refractivity contribution in [2.24, 2.45) is 0 Å². The van der Waals surface area contributed by atoms with E-state index in [-0.39, 0.29) is 27.9 Å². The lowest BCUT2D eigenvalue weighted by atomic mass is 10.1. The molecule has 0 fully saturated rings. The first kappa shape index (κ1) is 19.4. The smallest absolute Gasteiger partial charge is 0.339 e. The van der Waals surface area contributed by atoms with Crippen LogP contribution in [0, 0.1) is 6.92 Å². The summed E-state index contributed by atoms with van der Waals surface area (Å²) in [4.78, 5) is 12.6. The van der Waals surface area contributed by atoms with Crippen molar-refractivity contribution in [2.45, 2.75) is 11.8 Å². The second-order valence-electron chi connectivity index (χ2n) is 6.50. The van der Waals surface area contributed by atoms with Crippen molar-refractivity contribution in [3.8, 4) is 11.5 Å². The van der Waals surface area contributed by atoms with Crippen LogP contribution in [-0.4, -0.2) is 14.2 Å². The molecule has 0 bridgehead atoms. The topological polar surface area (TPSA) is 69.7 Å². The summed E-state index contributed by atoms with van der Waals surface area (Å²) in [6, 6.07) is 18.1. The van der Waals surface area contributed by atoms with E-state index < -0.39 is 10.1 Å². The van der Waals surface area contributed by atoms with Gasteiger partial charge in [0.15, 0.2) is 5.76 Å². The minimum atomic E-state index is -4.00. The molecule has 0 N–H and O–H groups in total. The van der Waals surface area contributed by atoms with Crippen LogP contribution in [0.3, 0.4) is 0 Å². The van der Waals surface area contributed by atoms with Gasteiger partial charge in [0.25, 0.3) is 0 Å². The number of ether oxygens (including phenoxy) is 1. The third-order valence-corrected chi connectivity index (χ3v) is 6.08. The van der Waals surface area contributed by atoms with Crippen LogP contribution < -0.4 is 8.92 Å². The Kier molecular flexibility index (Phi) is 5.02. The van der Waals surface area contributed by atoms with E-state index in [1.54, 1.807) is 18.2 Å². The monoisotopic (exact) mass is 470 g/mol. The summed E-state index contributed by atoms with van der Waals surface area (Å²) >= 11 is 3.26. The molecule has 0 radical (unpaired) electrons. The molecule has 0 unspecified atom stereocenters. The molecule has 4 rings (SSSR count). The maximum atomic E-state index is 12.6.